The Balaban J connectivity index is 1.55. The molecule has 0 saturated carbocycles. The van der Waals surface area contributed by atoms with E-state index in [1.807, 2.05) is 15.8 Å². The highest BCUT2D eigenvalue weighted by molar-refractivity contribution is 5.79. The molecule has 0 aromatic carbocycles. The molecule has 1 amide bonds. The Kier molecular flexibility index (Phi) is 4.17. The van der Waals surface area contributed by atoms with Gasteiger partial charge in [-0.05, 0) is 12.8 Å². The van der Waals surface area contributed by atoms with E-state index in [4.69, 9.17) is 0 Å². The van der Waals surface area contributed by atoms with Gasteiger partial charge in [0.05, 0.1) is 24.6 Å². The Morgan fingerprint density at radius 2 is 1.95 bits per heavy atom. The summed E-state index contributed by atoms with van der Waals surface area (Å²) in [5.41, 5.74) is 0.820. The fourth-order valence-corrected chi connectivity index (χ4v) is 2.73. The van der Waals surface area contributed by atoms with Crippen LogP contribution in [0.1, 0.15) is 38.4 Å². The summed E-state index contributed by atoms with van der Waals surface area (Å²) < 4.78 is 1.84. The van der Waals surface area contributed by atoms with E-state index < -0.39 is 0 Å². The maximum absolute atomic E-state index is 12.2. The average molecular weight is 303 g/mol. The van der Waals surface area contributed by atoms with Crippen molar-refractivity contribution in [1.82, 2.24) is 34.9 Å². The minimum atomic E-state index is 0.151. The first-order valence-electron chi connectivity index (χ1n) is 7.74. The maximum atomic E-state index is 12.2. The van der Waals surface area contributed by atoms with Crippen molar-refractivity contribution in [2.45, 2.75) is 39.3 Å². The summed E-state index contributed by atoms with van der Waals surface area (Å²) in [6.45, 7) is 6.08. The van der Waals surface area contributed by atoms with E-state index in [0.717, 1.165) is 31.6 Å². The molecule has 2 aromatic heterocycles. The third-order valence-corrected chi connectivity index (χ3v) is 4.21. The van der Waals surface area contributed by atoms with Crippen LogP contribution in [-0.4, -0.2) is 53.9 Å². The standard InChI is InChI=1S/C14H21N7O/c1-3-11(4-2)14(22)19-9-13(10-19)20-7-12(17-18-20)8-21-15-5-6-16-21/h5-7,11,13H,3-4,8-10H2,1-2H3. The molecule has 1 saturated heterocycles. The summed E-state index contributed by atoms with van der Waals surface area (Å²) in [5, 5.41) is 16.4. The van der Waals surface area contributed by atoms with Crippen LogP contribution in [0.15, 0.2) is 18.6 Å². The zero-order valence-electron chi connectivity index (χ0n) is 13.0. The predicted molar refractivity (Wildman–Crippen MR) is 78.8 cm³/mol. The molecule has 3 rings (SSSR count). The summed E-state index contributed by atoms with van der Waals surface area (Å²) in [5.74, 6) is 0.417. The highest BCUT2D eigenvalue weighted by atomic mass is 16.2. The summed E-state index contributed by atoms with van der Waals surface area (Å²) in [6.07, 6.45) is 6.99. The van der Waals surface area contributed by atoms with E-state index in [9.17, 15) is 4.79 Å². The minimum Gasteiger partial charge on any atom is -0.338 e. The molecule has 8 nitrogen and oxygen atoms in total. The molecule has 1 aliphatic rings. The van der Waals surface area contributed by atoms with Crippen LogP contribution in [0, 0.1) is 5.92 Å². The lowest BCUT2D eigenvalue weighted by molar-refractivity contribution is -0.141. The highest BCUT2D eigenvalue weighted by Crippen LogP contribution is 2.24. The third kappa shape index (κ3) is 2.86. The molecule has 0 radical (unpaired) electrons. The Labute approximate surface area is 129 Å². The van der Waals surface area contributed by atoms with Gasteiger partial charge in [0, 0.05) is 19.0 Å². The Morgan fingerprint density at radius 3 is 2.59 bits per heavy atom. The smallest absolute Gasteiger partial charge is 0.225 e. The number of carbonyl (C=O) groups is 1. The Hall–Kier alpha value is -2.25. The summed E-state index contributed by atoms with van der Waals surface area (Å²) >= 11 is 0. The number of carbonyl (C=O) groups excluding carboxylic acids is 1. The molecule has 3 heterocycles. The summed E-state index contributed by atoms with van der Waals surface area (Å²) in [7, 11) is 0. The van der Waals surface area contributed by atoms with Gasteiger partial charge in [0.1, 0.15) is 12.2 Å². The molecule has 0 spiro atoms. The van der Waals surface area contributed by atoms with Crippen molar-refractivity contribution in [3.8, 4) is 0 Å². The van der Waals surface area contributed by atoms with Crippen LogP contribution in [0.4, 0.5) is 0 Å². The van der Waals surface area contributed by atoms with Gasteiger partial charge in [-0.1, -0.05) is 19.1 Å². The van der Waals surface area contributed by atoms with Gasteiger partial charge in [0.2, 0.25) is 5.91 Å². The second kappa shape index (κ2) is 6.25. The lowest BCUT2D eigenvalue weighted by Gasteiger charge is -2.40. The maximum Gasteiger partial charge on any atom is 0.225 e. The molecule has 0 atom stereocenters. The zero-order valence-corrected chi connectivity index (χ0v) is 13.0. The molecular formula is C14H21N7O. The fourth-order valence-electron chi connectivity index (χ4n) is 2.73. The molecular weight excluding hydrogens is 282 g/mol. The largest absolute Gasteiger partial charge is 0.338 e. The number of amides is 1. The first-order chi connectivity index (χ1) is 10.7. The van der Waals surface area contributed by atoms with Crippen molar-refractivity contribution in [2.24, 2.45) is 5.92 Å². The van der Waals surface area contributed by atoms with E-state index in [2.05, 4.69) is 34.4 Å². The second-order valence-electron chi connectivity index (χ2n) is 5.66. The number of hydrogen-bond donors (Lipinski definition) is 0. The average Bonchev–Trinajstić information content (AvgIpc) is 3.11. The van der Waals surface area contributed by atoms with Gasteiger partial charge in [-0.15, -0.1) is 5.10 Å². The number of nitrogens with zero attached hydrogens (tertiary/aromatic N) is 7. The lowest BCUT2D eigenvalue weighted by Crippen LogP contribution is -2.52. The quantitative estimate of drug-likeness (QED) is 0.786. The van der Waals surface area contributed by atoms with Gasteiger partial charge in [-0.2, -0.15) is 15.0 Å². The van der Waals surface area contributed by atoms with Crippen molar-refractivity contribution in [2.75, 3.05) is 13.1 Å². The fraction of sp³-hybridized carbons (Fsp3) is 0.643. The number of hydrogen-bond acceptors (Lipinski definition) is 5. The molecule has 2 aromatic rings. The van der Waals surface area contributed by atoms with Gasteiger partial charge < -0.3 is 4.90 Å². The van der Waals surface area contributed by atoms with Crippen LogP contribution < -0.4 is 0 Å². The van der Waals surface area contributed by atoms with Gasteiger partial charge in [-0.25, -0.2) is 4.68 Å². The van der Waals surface area contributed by atoms with E-state index in [1.54, 1.807) is 17.2 Å². The highest BCUT2D eigenvalue weighted by Gasteiger charge is 2.34. The molecule has 0 unspecified atom stereocenters. The van der Waals surface area contributed by atoms with Crippen molar-refractivity contribution in [1.29, 1.82) is 0 Å². The number of likely N-dealkylation sites (tertiary alicyclic amines) is 1. The minimum absolute atomic E-state index is 0.151. The van der Waals surface area contributed by atoms with Gasteiger partial charge in [0.25, 0.3) is 0 Å². The van der Waals surface area contributed by atoms with Crippen LogP contribution in [0.5, 0.6) is 0 Å². The predicted octanol–water partition coefficient (Wildman–Crippen LogP) is 0.737. The molecule has 22 heavy (non-hydrogen) atoms. The summed E-state index contributed by atoms with van der Waals surface area (Å²) in [6, 6.07) is 0.227. The van der Waals surface area contributed by atoms with Crippen LogP contribution in [0.2, 0.25) is 0 Å². The number of aromatic nitrogens is 6. The van der Waals surface area contributed by atoms with E-state index in [1.165, 1.54) is 0 Å². The van der Waals surface area contributed by atoms with E-state index in [-0.39, 0.29) is 17.9 Å². The normalized spacial score (nSPS) is 15.3. The second-order valence-corrected chi connectivity index (χ2v) is 5.66. The monoisotopic (exact) mass is 303 g/mol. The molecule has 8 heteroatoms. The van der Waals surface area contributed by atoms with Gasteiger partial charge >= 0.3 is 0 Å². The molecule has 0 aliphatic carbocycles. The van der Waals surface area contributed by atoms with Crippen molar-refractivity contribution < 1.29 is 4.79 Å². The molecule has 1 fully saturated rings. The first-order valence-corrected chi connectivity index (χ1v) is 7.74. The Bertz CT molecular complexity index is 611. The first kappa shape index (κ1) is 14.7. The van der Waals surface area contributed by atoms with Gasteiger partial charge in [0.15, 0.2) is 0 Å². The van der Waals surface area contributed by atoms with Crippen molar-refractivity contribution in [3.05, 3.63) is 24.3 Å². The third-order valence-electron chi connectivity index (χ3n) is 4.21. The summed E-state index contributed by atoms with van der Waals surface area (Å²) in [4.78, 5) is 15.7. The van der Waals surface area contributed by atoms with Crippen LogP contribution >= 0.6 is 0 Å². The number of rotatable bonds is 6. The van der Waals surface area contributed by atoms with Crippen LogP contribution in [0.25, 0.3) is 0 Å². The van der Waals surface area contributed by atoms with Crippen LogP contribution in [0.3, 0.4) is 0 Å². The SMILES string of the molecule is CCC(CC)C(=O)N1CC(n2cc(Cn3nccn3)nn2)C1. The topological polar surface area (TPSA) is 81.7 Å². The molecule has 118 valence electrons. The van der Waals surface area contributed by atoms with E-state index >= 15 is 0 Å². The van der Waals surface area contributed by atoms with Crippen LogP contribution in [-0.2, 0) is 11.3 Å². The van der Waals surface area contributed by atoms with E-state index in [0.29, 0.717) is 6.54 Å². The Morgan fingerprint density at radius 1 is 1.27 bits per heavy atom. The lowest BCUT2D eigenvalue weighted by atomic mass is 9.98. The van der Waals surface area contributed by atoms with Crippen molar-refractivity contribution in [3.63, 3.8) is 0 Å². The zero-order chi connectivity index (χ0) is 15.5. The molecule has 1 aliphatic heterocycles. The van der Waals surface area contributed by atoms with Crippen molar-refractivity contribution >= 4 is 5.91 Å². The molecule has 0 N–H and O–H groups in total. The molecule has 0 bridgehead atoms. The van der Waals surface area contributed by atoms with Gasteiger partial charge in [-0.3, -0.25) is 4.79 Å².